The van der Waals surface area contributed by atoms with Gasteiger partial charge in [-0.25, -0.2) is 4.98 Å². The molecule has 2 saturated heterocycles. The summed E-state index contributed by atoms with van der Waals surface area (Å²) in [5.74, 6) is 0.198. The summed E-state index contributed by atoms with van der Waals surface area (Å²) < 4.78 is 0. The fourth-order valence-electron chi connectivity index (χ4n) is 4.48. The van der Waals surface area contributed by atoms with Crippen LogP contribution in [-0.2, 0) is 4.79 Å². The van der Waals surface area contributed by atoms with Crippen LogP contribution in [0.25, 0.3) is 21.7 Å². The van der Waals surface area contributed by atoms with E-state index < -0.39 is 0 Å². The van der Waals surface area contributed by atoms with Crippen LogP contribution in [0.15, 0.2) is 36.4 Å². The smallest absolute Gasteiger partial charge is 0.228 e. The molecule has 31 heavy (non-hydrogen) atoms. The molecule has 2 aliphatic rings. The van der Waals surface area contributed by atoms with Gasteiger partial charge in [0.05, 0.1) is 27.6 Å². The molecule has 0 saturated carbocycles. The Morgan fingerprint density at radius 1 is 1.10 bits per heavy atom. The molecule has 7 heteroatoms. The molecule has 5 rings (SSSR count). The van der Waals surface area contributed by atoms with Gasteiger partial charge in [0.2, 0.25) is 5.91 Å². The Morgan fingerprint density at radius 2 is 1.84 bits per heavy atom. The number of aromatic nitrogens is 2. The summed E-state index contributed by atoms with van der Waals surface area (Å²) in [7, 11) is 0. The van der Waals surface area contributed by atoms with Gasteiger partial charge in [0.15, 0.2) is 5.13 Å². The highest BCUT2D eigenvalue weighted by atomic mass is 32.1. The summed E-state index contributed by atoms with van der Waals surface area (Å²) in [4.78, 5) is 25.0. The highest BCUT2D eigenvalue weighted by Crippen LogP contribution is 2.43. The zero-order chi connectivity index (χ0) is 21.6. The first-order chi connectivity index (χ1) is 15.0. The van der Waals surface area contributed by atoms with Crippen molar-refractivity contribution in [3.63, 3.8) is 0 Å². The highest BCUT2D eigenvalue weighted by molar-refractivity contribution is 7.19. The maximum absolute atomic E-state index is 12.0. The summed E-state index contributed by atoms with van der Waals surface area (Å²) in [6.45, 7) is 6.45. The average Bonchev–Trinajstić information content (AvgIpc) is 3.23. The molecule has 6 nitrogen and oxygen atoms in total. The molecule has 0 bridgehead atoms. The predicted octanol–water partition coefficient (Wildman–Crippen LogP) is 4.08. The molecular weight excluding hydrogens is 406 g/mol. The summed E-state index contributed by atoms with van der Waals surface area (Å²) in [6, 6.07) is 14.0. The summed E-state index contributed by atoms with van der Waals surface area (Å²) in [5.41, 5.74) is 5.32. The van der Waals surface area contributed by atoms with Crippen LogP contribution in [0.3, 0.4) is 0 Å². The van der Waals surface area contributed by atoms with Crippen LogP contribution in [0.1, 0.15) is 29.8 Å². The van der Waals surface area contributed by atoms with E-state index in [9.17, 15) is 10.1 Å². The largest absolute Gasteiger partial charge is 0.354 e. The minimum Gasteiger partial charge on any atom is -0.354 e. The van der Waals surface area contributed by atoms with Crippen LogP contribution in [0.5, 0.6) is 0 Å². The van der Waals surface area contributed by atoms with Gasteiger partial charge in [-0.15, -0.1) is 0 Å². The predicted molar refractivity (Wildman–Crippen MR) is 122 cm³/mol. The van der Waals surface area contributed by atoms with Gasteiger partial charge in [-0.05, 0) is 56.5 Å². The van der Waals surface area contributed by atoms with Crippen molar-refractivity contribution in [2.75, 3.05) is 24.5 Å². The van der Waals surface area contributed by atoms with Gasteiger partial charge >= 0.3 is 0 Å². The zero-order valence-corrected chi connectivity index (χ0v) is 18.4. The third-order valence-corrected chi connectivity index (χ3v) is 7.45. The number of nitrogens with one attached hydrogen (secondary N) is 1. The molecule has 1 amide bonds. The Kier molecular flexibility index (Phi) is 4.75. The number of pyridine rings is 1. The number of nitriles is 1. The molecule has 1 spiro atoms. The molecule has 2 aliphatic heterocycles. The lowest BCUT2D eigenvalue weighted by atomic mass is 9.73. The lowest BCUT2D eigenvalue weighted by molar-refractivity contribution is -0.141. The van der Waals surface area contributed by atoms with Crippen LogP contribution in [0.4, 0.5) is 5.13 Å². The molecule has 4 heterocycles. The van der Waals surface area contributed by atoms with Crippen LogP contribution in [0, 0.1) is 30.6 Å². The Bertz CT molecular complexity index is 1200. The molecule has 0 unspecified atom stereocenters. The first kappa shape index (κ1) is 19.7. The second-order valence-electron chi connectivity index (χ2n) is 8.46. The van der Waals surface area contributed by atoms with E-state index in [0.717, 1.165) is 70.7 Å². The van der Waals surface area contributed by atoms with E-state index in [1.807, 2.05) is 38.1 Å². The average molecular weight is 430 g/mol. The van der Waals surface area contributed by atoms with Crippen molar-refractivity contribution < 1.29 is 4.79 Å². The van der Waals surface area contributed by atoms with Crippen LogP contribution >= 0.6 is 11.3 Å². The minimum absolute atomic E-state index is 0.167. The maximum Gasteiger partial charge on any atom is 0.228 e. The van der Waals surface area contributed by atoms with E-state index in [1.54, 1.807) is 11.3 Å². The number of nitrogens with zero attached hydrogens (tertiary/aromatic N) is 4. The fraction of sp³-hybridized carbons (Fsp3) is 0.333. The van der Waals surface area contributed by atoms with E-state index in [4.69, 9.17) is 4.98 Å². The number of amides is 1. The Labute approximate surface area is 185 Å². The molecule has 1 aromatic carbocycles. The molecule has 2 fully saturated rings. The van der Waals surface area contributed by atoms with E-state index >= 15 is 0 Å². The number of thiazole rings is 1. The molecule has 0 aliphatic carbocycles. The number of carbonyl (C=O) groups excluding carboxylic acids is 1. The van der Waals surface area contributed by atoms with E-state index in [1.165, 1.54) is 0 Å². The Morgan fingerprint density at radius 3 is 2.45 bits per heavy atom. The molecule has 2 aromatic heterocycles. The van der Waals surface area contributed by atoms with Crippen molar-refractivity contribution in [3.05, 3.63) is 53.3 Å². The van der Waals surface area contributed by atoms with Crippen LogP contribution in [0.2, 0.25) is 0 Å². The van der Waals surface area contributed by atoms with Crippen molar-refractivity contribution in [2.45, 2.75) is 26.7 Å². The number of carbonyl (C=O) groups is 1. The van der Waals surface area contributed by atoms with Crippen molar-refractivity contribution in [2.24, 2.45) is 5.41 Å². The normalized spacial score (nSPS) is 17.2. The Hall–Kier alpha value is -3.24. The molecule has 156 valence electrons. The zero-order valence-electron chi connectivity index (χ0n) is 17.6. The second kappa shape index (κ2) is 7.47. The second-order valence-corrected chi connectivity index (χ2v) is 9.43. The fourth-order valence-corrected chi connectivity index (χ4v) is 5.60. The Balaban J connectivity index is 1.55. The number of hydrogen-bond donors (Lipinski definition) is 1. The van der Waals surface area contributed by atoms with Gasteiger partial charge in [-0.1, -0.05) is 23.5 Å². The topological polar surface area (TPSA) is 81.9 Å². The first-order valence-corrected chi connectivity index (χ1v) is 11.3. The van der Waals surface area contributed by atoms with Gasteiger partial charge in [-0.2, -0.15) is 5.26 Å². The minimum atomic E-state index is -0.167. The summed E-state index contributed by atoms with van der Waals surface area (Å²) in [5, 5.41) is 13.2. The monoisotopic (exact) mass is 429 g/mol. The lowest BCUT2D eigenvalue weighted by Gasteiger charge is -2.46. The molecule has 0 radical (unpaired) electrons. The quantitative estimate of drug-likeness (QED) is 0.635. The number of piperidine rings is 1. The molecular formula is C24H23N5OS. The van der Waals surface area contributed by atoms with E-state index in [2.05, 4.69) is 33.4 Å². The number of aryl methyl sites for hydroxylation is 2. The van der Waals surface area contributed by atoms with Gasteiger partial charge < -0.3 is 10.2 Å². The number of benzene rings is 1. The number of hydrogen-bond acceptors (Lipinski definition) is 6. The van der Waals surface area contributed by atoms with Crippen molar-refractivity contribution in [1.82, 2.24) is 15.3 Å². The van der Waals surface area contributed by atoms with Gasteiger partial charge in [0.1, 0.15) is 0 Å². The van der Waals surface area contributed by atoms with Gasteiger partial charge in [-0.3, -0.25) is 9.78 Å². The highest BCUT2D eigenvalue weighted by Gasteiger charge is 2.48. The number of anilines is 1. The van der Waals surface area contributed by atoms with Crippen molar-refractivity contribution in [1.29, 1.82) is 5.26 Å². The molecule has 3 aromatic rings. The third-order valence-electron chi connectivity index (χ3n) is 6.28. The third kappa shape index (κ3) is 3.47. The van der Waals surface area contributed by atoms with Crippen LogP contribution in [-0.4, -0.2) is 35.5 Å². The molecule has 0 atom stereocenters. The number of rotatable bonds is 3. The van der Waals surface area contributed by atoms with Crippen molar-refractivity contribution in [3.8, 4) is 27.8 Å². The van der Waals surface area contributed by atoms with Crippen LogP contribution < -0.4 is 10.2 Å². The summed E-state index contributed by atoms with van der Waals surface area (Å²) in [6.07, 6.45) is 1.72. The number of β-lactam (4-membered cyclic amide) rings is 1. The van der Waals surface area contributed by atoms with Gasteiger partial charge in [0, 0.05) is 36.6 Å². The lowest BCUT2D eigenvalue weighted by Crippen LogP contribution is -2.62. The SMILES string of the molecule is Cc1cc(-c2sc(N3CCC4(CC3)CNC4=O)nc2-c2cccc(C#N)c2)cc(C)n1. The standard InChI is InChI=1S/C24H23N5OS/c1-15-10-19(11-16(2)27-15)21-20(18-5-3-4-17(12-18)13-25)28-23(31-21)29-8-6-24(7-9-29)14-26-22(24)30/h3-5,10-12H,6-9,14H2,1-2H3,(H,26,30). The summed E-state index contributed by atoms with van der Waals surface area (Å²) >= 11 is 1.67. The van der Waals surface area contributed by atoms with E-state index in [-0.39, 0.29) is 11.3 Å². The van der Waals surface area contributed by atoms with Crippen molar-refractivity contribution >= 4 is 22.4 Å². The van der Waals surface area contributed by atoms with E-state index in [0.29, 0.717) is 5.56 Å². The molecule has 1 N–H and O–H groups in total. The first-order valence-electron chi connectivity index (χ1n) is 10.5. The van der Waals surface area contributed by atoms with Gasteiger partial charge in [0.25, 0.3) is 0 Å². The maximum atomic E-state index is 12.0.